The van der Waals surface area contributed by atoms with E-state index < -0.39 is 5.97 Å². The smallest absolute Gasteiger partial charge is 0.343 e. The lowest BCUT2D eigenvalue weighted by atomic mass is 10.2. The fraction of sp³-hybridized carbons (Fsp3) is 0.538. The second kappa shape index (κ2) is 5.70. The largest absolute Gasteiger partial charge is 0.465 e. The number of ether oxygens (including phenoxy) is 1. The molecule has 0 atom stereocenters. The van der Waals surface area contributed by atoms with Crippen LogP contribution in [0.2, 0.25) is 0 Å². The van der Waals surface area contributed by atoms with E-state index in [1.165, 1.54) is 38.3 Å². The highest BCUT2D eigenvalue weighted by Crippen LogP contribution is 2.40. The number of nitrogens with one attached hydrogen (secondary N) is 1. The zero-order chi connectivity index (χ0) is 14.9. The molecule has 0 unspecified atom stereocenters. The van der Waals surface area contributed by atoms with Crippen molar-refractivity contribution in [3.63, 3.8) is 0 Å². The highest BCUT2D eigenvalue weighted by atomic mass is 32.1. The maximum absolute atomic E-state index is 11.9. The molecule has 1 saturated carbocycles. The molecule has 0 saturated heterocycles. The zero-order valence-electron chi connectivity index (χ0n) is 11.9. The molecule has 0 aromatic carbocycles. The Hall–Kier alpha value is -1.76. The van der Waals surface area contributed by atoms with Crippen molar-refractivity contribution in [3.05, 3.63) is 10.4 Å². The van der Waals surface area contributed by atoms with Crippen LogP contribution in [-0.2, 0) is 4.74 Å². The van der Waals surface area contributed by atoms with E-state index in [0.717, 1.165) is 6.54 Å². The van der Waals surface area contributed by atoms with Crippen molar-refractivity contribution in [1.82, 2.24) is 5.32 Å². The number of hydrogen-bond donors (Lipinski definition) is 2. The molecule has 1 heterocycles. The lowest BCUT2D eigenvalue weighted by Crippen LogP contribution is -2.21. The Morgan fingerprint density at radius 2 is 2.15 bits per heavy atom. The molecule has 0 bridgehead atoms. The summed E-state index contributed by atoms with van der Waals surface area (Å²) in [6, 6.07) is 0. The van der Waals surface area contributed by atoms with E-state index >= 15 is 0 Å². The fourth-order valence-electron chi connectivity index (χ4n) is 2.05. The van der Waals surface area contributed by atoms with Crippen LogP contribution < -0.4 is 16.0 Å². The van der Waals surface area contributed by atoms with Gasteiger partial charge in [0, 0.05) is 20.6 Å². The topological polar surface area (TPSA) is 84.7 Å². The van der Waals surface area contributed by atoms with Crippen LogP contribution in [-0.4, -0.2) is 39.6 Å². The van der Waals surface area contributed by atoms with Gasteiger partial charge in [-0.3, -0.25) is 4.79 Å². The molecule has 1 aromatic heterocycles. The Kier molecular flexibility index (Phi) is 4.17. The lowest BCUT2D eigenvalue weighted by molar-refractivity contribution is 0.0603. The van der Waals surface area contributed by atoms with Crippen LogP contribution in [0.4, 0.5) is 10.7 Å². The van der Waals surface area contributed by atoms with Crippen LogP contribution in [0.15, 0.2) is 0 Å². The third-order valence-electron chi connectivity index (χ3n) is 3.33. The minimum absolute atomic E-state index is 0.193. The summed E-state index contributed by atoms with van der Waals surface area (Å²) in [5.74, 6) is -0.132. The van der Waals surface area contributed by atoms with Gasteiger partial charge in [-0.05, 0) is 18.8 Å². The number of nitrogens with two attached hydrogens (primary N) is 1. The summed E-state index contributed by atoms with van der Waals surface area (Å²) < 4.78 is 4.78. The number of esters is 1. The highest BCUT2D eigenvalue weighted by molar-refractivity contribution is 7.19. The van der Waals surface area contributed by atoms with E-state index in [1.54, 1.807) is 0 Å². The number of carbonyl (C=O) groups is 2. The molecule has 1 aliphatic carbocycles. The number of anilines is 2. The molecule has 0 radical (unpaired) electrons. The second-order valence-corrected chi connectivity index (χ2v) is 5.92. The van der Waals surface area contributed by atoms with E-state index in [9.17, 15) is 9.59 Å². The molecule has 0 spiro atoms. The van der Waals surface area contributed by atoms with Gasteiger partial charge in [-0.15, -0.1) is 11.3 Å². The predicted molar refractivity (Wildman–Crippen MR) is 79.5 cm³/mol. The highest BCUT2D eigenvalue weighted by Gasteiger charge is 2.30. The third-order valence-corrected chi connectivity index (χ3v) is 4.64. The molecular formula is C13H19N3O3S. The number of amides is 1. The first-order chi connectivity index (χ1) is 9.49. The standard InChI is InChI=1S/C13H19N3O3S/c1-15-11(17)10-9(14)8(13(18)19-3)12(20-10)16(2)6-7-4-5-7/h7H,4-6,14H2,1-3H3,(H,15,17). The first-order valence-electron chi connectivity index (χ1n) is 6.43. The van der Waals surface area contributed by atoms with E-state index in [0.29, 0.717) is 21.4 Å². The lowest BCUT2D eigenvalue weighted by Gasteiger charge is -2.18. The fourth-order valence-corrected chi connectivity index (χ4v) is 3.18. The van der Waals surface area contributed by atoms with Crippen molar-refractivity contribution >= 4 is 33.9 Å². The zero-order valence-corrected chi connectivity index (χ0v) is 12.7. The maximum atomic E-state index is 11.9. The van der Waals surface area contributed by atoms with Crippen LogP contribution in [0, 0.1) is 5.92 Å². The Bertz CT molecular complexity index is 537. The first kappa shape index (κ1) is 14.6. The Morgan fingerprint density at radius 1 is 1.50 bits per heavy atom. The van der Waals surface area contributed by atoms with Gasteiger partial charge in [0.15, 0.2) is 0 Å². The molecule has 3 N–H and O–H groups in total. The summed E-state index contributed by atoms with van der Waals surface area (Å²) in [6.07, 6.45) is 2.42. The number of thiophene rings is 1. The van der Waals surface area contributed by atoms with Gasteiger partial charge in [0.1, 0.15) is 15.4 Å². The number of carbonyl (C=O) groups excluding carboxylic acids is 2. The normalized spacial score (nSPS) is 13.9. The van der Waals surface area contributed by atoms with Gasteiger partial charge in [-0.1, -0.05) is 0 Å². The van der Waals surface area contributed by atoms with Crippen molar-refractivity contribution in [2.45, 2.75) is 12.8 Å². The molecule has 110 valence electrons. The number of rotatable bonds is 5. The monoisotopic (exact) mass is 297 g/mol. The Morgan fingerprint density at radius 3 is 2.65 bits per heavy atom. The van der Waals surface area contributed by atoms with Gasteiger partial charge < -0.3 is 20.7 Å². The Labute approximate surface area is 121 Å². The van der Waals surface area contributed by atoms with Crippen LogP contribution in [0.1, 0.15) is 32.9 Å². The summed E-state index contributed by atoms with van der Waals surface area (Å²) >= 11 is 1.23. The van der Waals surface area contributed by atoms with Crippen molar-refractivity contribution < 1.29 is 14.3 Å². The molecule has 1 amide bonds. The summed E-state index contributed by atoms with van der Waals surface area (Å²) in [7, 11) is 4.75. The molecule has 1 fully saturated rings. The molecule has 1 aromatic rings. The average Bonchev–Trinajstić information content (AvgIpc) is 3.18. The second-order valence-electron chi connectivity index (χ2n) is 4.92. The molecule has 20 heavy (non-hydrogen) atoms. The van der Waals surface area contributed by atoms with E-state index in [4.69, 9.17) is 10.5 Å². The molecular weight excluding hydrogens is 278 g/mol. The number of hydrogen-bond acceptors (Lipinski definition) is 6. The number of nitrogen functional groups attached to an aromatic ring is 1. The van der Waals surface area contributed by atoms with E-state index in [-0.39, 0.29) is 11.6 Å². The number of methoxy groups -OCH3 is 1. The molecule has 6 nitrogen and oxygen atoms in total. The molecule has 7 heteroatoms. The van der Waals surface area contributed by atoms with Gasteiger partial charge in [0.25, 0.3) is 5.91 Å². The van der Waals surface area contributed by atoms with Crippen molar-refractivity contribution in [3.8, 4) is 0 Å². The predicted octanol–water partition coefficient (Wildman–Crippen LogP) is 1.32. The molecule has 0 aliphatic heterocycles. The minimum Gasteiger partial charge on any atom is -0.465 e. The molecule has 2 rings (SSSR count). The van der Waals surface area contributed by atoms with Gasteiger partial charge in [-0.2, -0.15) is 0 Å². The van der Waals surface area contributed by atoms with Crippen molar-refractivity contribution in [1.29, 1.82) is 0 Å². The van der Waals surface area contributed by atoms with Gasteiger partial charge in [0.2, 0.25) is 0 Å². The summed E-state index contributed by atoms with van der Waals surface area (Å²) in [4.78, 5) is 26.1. The maximum Gasteiger partial charge on any atom is 0.343 e. The first-order valence-corrected chi connectivity index (χ1v) is 7.25. The van der Waals surface area contributed by atoms with Crippen molar-refractivity contribution in [2.24, 2.45) is 5.92 Å². The molecule has 1 aliphatic rings. The van der Waals surface area contributed by atoms with Crippen LogP contribution in [0.25, 0.3) is 0 Å². The average molecular weight is 297 g/mol. The minimum atomic E-state index is -0.508. The van der Waals surface area contributed by atoms with E-state index in [1.807, 2.05) is 11.9 Å². The van der Waals surface area contributed by atoms with Gasteiger partial charge >= 0.3 is 5.97 Å². The number of nitrogens with zero attached hydrogens (tertiary/aromatic N) is 1. The van der Waals surface area contributed by atoms with Crippen LogP contribution in [0.3, 0.4) is 0 Å². The Balaban J connectivity index is 2.41. The summed E-state index contributed by atoms with van der Waals surface area (Å²) in [5.41, 5.74) is 6.45. The summed E-state index contributed by atoms with van der Waals surface area (Å²) in [5, 5.41) is 3.23. The summed E-state index contributed by atoms with van der Waals surface area (Å²) in [6.45, 7) is 0.858. The third kappa shape index (κ3) is 2.72. The van der Waals surface area contributed by atoms with Gasteiger partial charge in [0.05, 0.1) is 12.8 Å². The van der Waals surface area contributed by atoms with Crippen molar-refractivity contribution in [2.75, 3.05) is 38.4 Å². The van der Waals surface area contributed by atoms with Crippen LogP contribution >= 0.6 is 11.3 Å². The van der Waals surface area contributed by atoms with Gasteiger partial charge in [-0.25, -0.2) is 4.79 Å². The van der Waals surface area contributed by atoms with E-state index in [2.05, 4.69) is 5.32 Å². The SMILES string of the molecule is CNC(=O)c1sc(N(C)CC2CC2)c(C(=O)OC)c1N. The quantitative estimate of drug-likeness (QED) is 0.801. The van der Waals surface area contributed by atoms with Crippen LogP contribution in [0.5, 0.6) is 0 Å².